The first-order valence-corrected chi connectivity index (χ1v) is 4.78. The second-order valence-electron chi connectivity index (χ2n) is 3.84. The Kier molecular flexibility index (Phi) is 5.22. The second kappa shape index (κ2) is 5.36. The Morgan fingerprint density at radius 1 is 1.25 bits per heavy atom. The van der Waals surface area contributed by atoms with Crippen LogP contribution in [-0.4, -0.2) is 25.0 Å². The van der Waals surface area contributed by atoms with E-state index in [9.17, 15) is 4.79 Å². The molecule has 0 aromatic rings. The van der Waals surface area contributed by atoms with Crippen LogP contribution in [-0.2, 0) is 4.79 Å². The van der Waals surface area contributed by atoms with Crippen molar-refractivity contribution in [3.05, 3.63) is 0 Å². The number of ketones is 1. The van der Waals surface area contributed by atoms with E-state index < -0.39 is 0 Å². The molecular weight excluding hydrogens is 149 g/mol. The van der Waals surface area contributed by atoms with Gasteiger partial charge in [0.25, 0.3) is 0 Å². The smallest absolute Gasteiger partial charge is 0.148 e. The molecule has 0 fully saturated rings. The highest BCUT2D eigenvalue weighted by Gasteiger charge is 2.19. The van der Waals surface area contributed by atoms with E-state index in [4.69, 9.17) is 0 Å². The quantitative estimate of drug-likeness (QED) is 0.622. The predicted molar refractivity (Wildman–Crippen MR) is 54.9 cm³/mol. The minimum absolute atomic E-state index is 0.0463. The van der Waals surface area contributed by atoms with Crippen LogP contribution in [0, 0.1) is 5.92 Å². The molecule has 1 N–H and O–H groups in total. The van der Waals surface area contributed by atoms with Gasteiger partial charge in [-0.05, 0) is 0 Å². The van der Waals surface area contributed by atoms with Gasteiger partial charge in [-0.3, -0.25) is 4.79 Å². The topological polar surface area (TPSA) is 29.1 Å². The van der Waals surface area contributed by atoms with E-state index >= 15 is 0 Å². The fraction of sp³-hybridized carbons (Fsp3) is 0.889. The van der Waals surface area contributed by atoms with Crippen LogP contribution in [0.3, 0.4) is 0 Å². The molecule has 0 aliphatic heterocycles. The maximum atomic E-state index is 11.5. The Morgan fingerprint density at radius 3 is 2.00 bits per heavy atom. The number of hydrogen-bond donors (Lipinski definition) is 1. The molecule has 0 heterocycles. The monoisotopic (exact) mass is 169 g/mol. The SMILES string of the molecule is CBC(NC(C)C)C(=O)C(C)C. The molecule has 3 heteroatoms. The zero-order valence-electron chi connectivity index (χ0n) is 8.85. The Labute approximate surface area is 76.4 Å². The van der Waals surface area contributed by atoms with Crippen molar-refractivity contribution in [3.8, 4) is 0 Å². The second-order valence-corrected chi connectivity index (χ2v) is 3.84. The summed E-state index contributed by atoms with van der Waals surface area (Å²) in [5.74, 6) is 0.511. The third kappa shape index (κ3) is 3.91. The molecule has 1 atom stereocenters. The third-order valence-corrected chi connectivity index (χ3v) is 1.86. The van der Waals surface area contributed by atoms with E-state index in [1.807, 2.05) is 20.7 Å². The number of carbonyl (C=O) groups excluding carboxylic acids is 1. The van der Waals surface area contributed by atoms with Crippen molar-refractivity contribution in [2.45, 2.75) is 46.5 Å². The van der Waals surface area contributed by atoms with Gasteiger partial charge >= 0.3 is 0 Å². The van der Waals surface area contributed by atoms with Crippen LogP contribution >= 0.6 is 0 Å². The molecule has 0 aromatic carbocycles. The third-order valence-electron chi connectivity index (χ3n) is 1.86. The Hall–Kier alpha value is -0.305. The zero-order chi connectivity index (χ0) is 9.72. The van der Waals surface area contributed by atoms with Crippen molar-refractivity contribution >= 4 is 13.1 Å². The van der Waals surface area contributed by atoms with Crippen molar-refractivity contribution in [1.29, 1.82) is 0 Å². The van der Waals surface area contributed by atoms with Crippen molar-refractivity contribution in [1.82, 2.24) is 5.32 Å². The van der Waals surface area contributed by atoms with Crippen LogP contribution in [0.15, 0.2) is 0 Å². The van der Waals surface area contributed by atoms with Crippen LogP contribution < -0.4 is 5.32 Å². The number of nitrogens with one attached hydrogen (secondary N) is 1. The first-order chi connectivity index (χ1) is 5.49. The Morgan fingerprint density at radius 2 is 1.75 bits per heavy atom. The van der Waals surface area contributed by atoms with Gasteiger partial charge < -0.3 is 5.32 Å². The molecule has 70 valence electrons. The largest absolute Gasteiger partial charge is 0.312 e. The lowest BCUT2D eigenvalue weighted by atomic mass is 9.68. The fourth-order valence-electron chi connectivity index (χ4n) is 1.21. The van der Waals surface area contributed by atoms with Gasteiger partial charge in [0.05, 0.1) is 0 Å². The van der Waals surface area contributed by atoms with E-state index in [0.29, 0.717) is 11.8 Å². The van der Waals surface area contributed by atoms with Crippen LogP contribution in [0.1, 0.15) is 27.7 Å². The Balaban J connectivity index is 4.06. The fourth-order valence-corrected chi connectivity index (χ4v) is 1.21. The molecule has 0 saturated heterocycles. The maximum absolute atomic E-state index is 11.5. The van der Waals surface area contributed by atoms with E-state index in [0.717, 1.165) is 7.28 Å². The van der Waals surface area contributed by atoms with Gasteiger partial charge in [-0.1, -0.05) is 34.5 Å². The van der Waals surface area contributed by atoms with Crippen LogP contribution in [0.2, 0.25) is 6.82 Å². The molecule has 0 rings (SSSR count). The average Bonchev–Trinajstić information content (AvgIpc) is 1.98. The van der Waals surface area contributed by atoms with E-state index in [2.05, 4.69) is 19.2 Å². The van der Waals surface area contributed by atoms with E-state index in [1.165, 1.54) is 0 Å². The molecule has 0 spiro atoms. The standard InChI is InChI=1S/C9H20BNO/c1-6(2)8(12)9(10-5)11-7(3)4/h6-7,9-11H,1-5H3. The zero-order valence-corrected chi connectivity index (χ0v) is 8.85. The van der Waals surface area contributed by atoms with E-state index in [-0.39, 0.29) is 11.9 Å². The van der Waals surface area contributed by atoms with Crippen molar-refractivity contribution in [2.24, 2.45) is 5.92 Å². The van der Waals surface area contributed by atoms with Crippen LogP contribution in [0.5, 0.6) is 0 Å². The normalized spacial score (nSPS) is 13.6. The highest BCUT2D eigenvalue weighted by molar-refractivity contribution is 6.43. The highest BCUT2D eigenvalue weighted by atomic mass is 16.1. The summed E-state index contributed by atoms with van der Waals surface area (Å²) in [7, 11) is 0.884. The minimum atomic E-state index is 0.0463. The molecule has 2 nitrogen and oxygen atoms in total. The molecule has 0 amide bonds. The summed E-state index contributed by atoms with van der Waals surface area (Å²) < 4.78 is 0. The minimum Gasteiger partial charge on any atom is -0.312 e. The lowest BCUT2D eigenvalue weighted by molar-refractivity contribution is -0.122. The van der Waals surface area contributed by atoms with E-state index in [1.54, 1.807) is 0 Å². The lowest BCUT2D eigenvalue weighted by Crippen LogP contribution is -2.46. The molecule has 0 bridgehead atoms. The van der Waals surface area contributed by atoms with Crippen molar-refractivity contribution in [2.75, 3.05) is 0 Å². The first kappa shape index (κ1) is 11.7. The highest BCUT2D eigenvalue weighted by Crippen LogP contribution is 1.99. The van der Waals surface area contributed by atoms with Crippen molar-refractivity contribution < 1.29 is 4.79 Å². The van der Waals surface area contributed by atoms with Gasteiger partial charge in [0.2, 0.25) is 0 Å². The predicted octanol–water partition coefficient (Wildman–Crippen LogP) is 1.02. The average molecular weight is 169 g/mol. The summed E-state index contributed by atoms with van der Waals surface area (Å²) in [6, 6.07) is 0.387. The van der Waals surface area contributed by atoms with Gasteiger partial charge in [-0.15, -0.1) is 0 Å². The number of carbonyl (C=O) groups is 1. The molecule has 0 aromatic heterocycles. The number of Topliss-reactive ketones (excluding diaryl/α,β-unsaturated/α-hetero) is 1. The van der Waals surface area contributed by atoms with Crippen molar-refractivity contribution in [3.63, 3.8) is 0 Å². The summed E-state index contributed by atoms with van der Waals surface area (Å²) in [5, 5.41) is 3.26. The van der Waals surface area contributed by atoms with Gasteiger partial charge in [-0.2, -0.15) is 0 Å². The summed E-state index contributed by atoms with van der Waals surface area (Å²) in [6.07, 6.45) is 0. The van der Waals surface area contributed by atoms with Gasteiger partial charge in [0.15, 0.2) is 0 Å². The summed E-state index contributed by atoms with van der Waals surface area (Å²) >= 11 is 0. The summed E-state index contributed by atoms with van der Waals surface area (Å²) in [6.45, 7) is 10.1. The molecule has 1 unspecified atom stereocenters. The molecule has 0 aliphatic carbocycles. The van der Waals surface area contributed by atoms with Gasteiger partial charge in [0, 0.05) is 17.9 Å². The molecule has 0 radical (unpaired) electrons. The molecular formula is C9H20BNO. The van der Waals surface area contributed by atoms with Crippen LogP contribution in [0.25, 0.3) is 0 Å². The molecule has 12 heavy (non-hydrogen) atoms. The molecule has 0 saturated carbocycles. The first-order valence-electron chi connectivity index (χ1n) is 4.78. The summed E-state index contributed by atoms with van der Waals surface area (Å²) in [4.78, 5) is 11.5. The number of rotatable bonds is 5. The van der Waals surface area contributed by atoms with Gasteiger partial charge in [-0.25, -0.2) is 0 Å². The molecule has 0 aliphatic rings. The summed E-state index contributed by atoms with van der Waals surface area (Å²) in [5.41, 5.74) is 0. The maximum Gasteiger partial charge on any atom is 0.148 e. The Bertz CT molecular complexity index is 145. The van der Waals surface area contributed by atoms with Crippen LogP contribution in [0.4, 0.5) is 0 Å². The lowest BCUT2D eigenvalue weighted by Gasteiger charge is -2.19. The number of hydrogen-bond acceptors (Lipinski definition) is 2. The van der Waals surface area contributed by atoms with Gasteiger partial charge in [0.1, 0.15) is 13.1 Å².